The van der Waals surface area contributed by atoms with E-state index in [1.807, 2.05) is 19.0 Å². The molecule has 2 heterocycles. The minimum Gasteiger partial charge on any atom is -0.363 e. The van der Waals surface area contributed by atoms with Crippen LogP contribution in [0.25, 0.3) is 5.65 Å². The summed E-state index contributed by atoms with van der Waals surface area (Å²) in [6.45, 7) is 1.14. The number of hydrogen-bond acceptors (Lipinski definition) is 6. The van der Waals surface area contributed by atoms with E-state index < -0.39 is 16.2 Å². The fourth-order valence-corrected chi connectivity index (χ4v) is 1.77. The molecular formula is C12H15N5O3. The summed E-state index contributed by atoms with van der Waals surface area (Å²) >= 11 is 0. The van der Waals surface area contributed by atoms with Gasteiger partial charge in [0.15, 0.2) is 0 Å². The highest BCUT2D eigenvalue weighted by atomic mass is 16.6. The number of aromatic nitrogens is 2. The SMILES string of the molecule is CN(C)CCNc1nc2ccccn2c(=O)c1[N+](=O)[O-]. The zero-order chi connectivity index (χ0) is 14.7. The number of anilines is 1. The molecule has 2 rings (SSSR count). The van der Waals surface area contributed by atoms with Crippen molar-refractivity contribution < 1.29 is 4.92 Å². The van der Waals surface area contributed by atoms with Crippen molar-refractivity contribution in [2.75, 3.05) is 32.5 Å². The van der Waals surface area contributed by atoms with Crippen LogP contribution >= 0.6 is 0 Å². The van der Waals surface area contributed by atoms with Gasteiger partial charge in [-0.25, -0.2) is 4.98 Å². The van der Waals surface area contributed by atoms with Gasteiger partial charge in [-0.05, 0) is 26.2 Å². The van der Waals surface area contributed by atoms with Crippen molar-refractivity contribution in [3.05, 3.63) is 44.9 Å². The van der Waals surface area contributed by atoms with Gasteiger partial charge in [0.1, 0.15) is 5.65 Å². The minimum atomic E-state index is -0.702. The molecule has 0 aliphatic rings. The summed E-state index contributed by atoms with van der Waals surface area (Å²) < 4.78 is 1.16. The molecule has 106 valence electrons. The number of rotatable bonds is 5. The van der Waals surface area contributed by atoms with E-state index in [1.165, 1.54) is 6.20 Å². The Labute approximate surface area is 114 Å². The number of nitrogens with zero attached hydrogens (tertiary/aromatic N) is 4. The Balaban J connectivity index is 2.49. The highest BCUT2D eigenvalue weighted by Crippen LogP contribution is 2.17. The van der Waals surface area contributed by atoms with Crippen LogP contribution in [0.15, 0.2) is 29.2 Å². The quantitative estimate of drug-likeness (QED) is 0.634. The standard InChI is InChI=1S/C12H15N5O3/c1-15(2)8-6-13-11-10(17(19)20)12(18)16-7-4-3-5-9(16)14-11/h3-5,7,13H,6,8H2,1-2H3. The zero-order valence-electron chi connectivity index (χ0n) is 11.2. The first-order chi connectivity index (χ1) is 9.50. The van der Waals surface area contributed by atoms with Gasteiger partial charge >= 0.3 is 11.2 Å². The monoisotopic (exact) mass is 277 g/mol. The largest absolute Gasteiger partial charge is 0.376 e. The van der Waals surface area contributed by atoms with Gasteiger partial charge in [0.2, 0.25) is 5.82 Å². The van der Waals surface area contributed by atoms with Crippen LogP contribution in [-0.2, 0) is 0 Å². The van der Waals surface area contributed by atoms with E-state index in [2.05, 4.69) is 10.3 Å². The molecule has 0 atom stereocenters. The van der Waals surface area contributed by atoms with Crippen LogP contribution in [0.3, 0.4) is 0 Å². The van der Waals surface area contributed by atoms with Crippen LogP contribution < -0.4 is 10.9 Å². The number of hydrogen-bond donors (Lipinski definition) is 1. The second-order valence-electron chi connectivity index (χ2n) is 4.53. The third-order valence-corrected chi connectivity index (χ3v) is 2.74. The fraction of sp³-hybridized carbons (Fsp3) is 0.333. The van der Waals surface area contributed by atoms with E-state index in [-0.39, 0.29) is 5.82 Å². The predicted octanol–water partition coefficient (Wildman–Crippen LogP) is 0.576. The lowest BCUT2D eigenvalue weighted by Crippen LogP contribution is -2.25. The summed E-state index contributed by atoms with van der Waals surface area (Å²) in [6, 6.07) is 4.97. The average molecular weight is 277 g/mol. The summed E-state index contributed by atoms with van der Waals surface area (Å²) in [6.07, 6.45) is 1.46. The third kappa shape index (κ3) is 2.75. The highest BCUT2D eigenvalue weighted by Gasteiger charge is 2.22. The van der Waals surface area contributed by atoms with Crippen LogP contribution in [0.5, 0.6) is 0 Å². The Morgan fingerprint density at radius 3 is 2.85 bits per heavy atom. The Hall–Kier alpha value is -2.48. The summed E-state index contributed by atoms with van der Waals surface area (Å²) in [5, 5.41) is 13.9. The molecular weight excluding hydrogens is 262 g/mol. The first kappa shape index (κ1) is 13.9. The molecule has 0 saturated carbocycles. The van der Waals surface area contributed by atoms with Crippen molar-refractivity contribution in [3.8, 4) is 0 Å². The second kappa shape index (κ2) is 5.66. The second-order valence-corrected chi connectivity index (χ2v) is 4.53. The van der Waals surface area contributed by atoms with E-state index in [1.54, 1.807) is 18.2 Å². The van der Waals surface area contributed by atoms with Gasteiger partial charge < -0.3 is 10.2 Å². The highest BCUT2D eigenvalue weighted by molar-refractivity contribution is 5.59. The van der Waals surface area contributed by atoms with Gasteiger partial charge in [0, 0.05) is 19.3 Å². The van der Waals surface area contributed by atoms with E-state index in [9.17, 15) is 14.9 Å². The Kier molecular flexibility index (Phi) is 3.94. The molecule has 1 N–H and O–H groups in total. The first-order valence-electron chi connectivity index (χ1n) is 6.05. The van der Waals surface area contributed by atoms with Crippen molar-refractivity contribution in [3.63, 3.8) is 0 Å². The van der Waals surface area contributed by atoms with Gasteiger partial charge in [0.05, 0.1) is 4.92 Å². The van der Waals surface area contributed by atoms with E-state index in [0.29, 0.717) is 18.7 Å². The Morgan fingerprint density at radius 1 is 1.45 bits per heavy atom. The Bertz CT molecular complexity index is 695. The minimum absolute atomic E-state index is 0.00745. The summed E-state index contributed by atoms with van der Waals surface area (Å²) in [5.74, 6) is 0.00745. The van der Waals surface area contributed by atoms with Gasteiger partial charge in [0.25, 0.3) is 0 Å². The van der Waals surface area contributed by atoms with Crippen molar-refractivity contribution >= 4 is 17.2 Å². The molecule has 0 aliphatic heterocycles. The molecule has 0 spiro atoms. The lowest BCUT2D eigenvalue weighted by atomic mass is 10.4. The van der Waals surface area contributed by atoms with Crippen molar-refractivity contribution in [2.24, 2.45) is 0 Å². The van der Waals surface area contributed by atoms with Crippen LogP contribution in [0, 0.1) is 10.1 Å². The van der Waals surface area contributed by atoms with E-state index in [0.717, 1.165) is 4.40 Å². The van der Waals surface area contributed by atoms with Crippen molar-refractivity contribution in [1.29, 1.82) is 0 Å². The lowest BCUT2D eigenvalue weighted by molar-refractivity contribution is -0.385. The maximum atomic E-state index is 12.1. The molecule has 8 heteroatoms. The van der Waals surface area contributed by atoms with Gasteiger partial charge in [-0.3, -0.25) is 19.3 Å². The van der Waals surface area contributed by atoms with Crippen LogP contribution in [-0.4, -0.2) is 46.4 Å². The molecule has 0 bridgehead atoms. The number of nitro groups is 1. The maximum absolute atomic E-state index is 12.1. The van der Waals surface area contributed by atoms with Crippen molar-refractivity contribution in [1.82, 2.24) is 14.3 Å². The number of pyridine rings is 1. The predicted molar refractivity (Wildman–Crippen MR) is 75.2 cm³/mol. The summed E-state index contributed by atoms with van der Waals surface area (Å²) in [4.78, 5) is 28.6. The topological polar surface area (TPSA) is 92.8 Å². The molecule has 0 aliphatic carbocycles. The smallest absolute Gasteiger partial charge is 0.363 e. The number of likely N-dealkylation sites (N-methyl/N-ethyl adjacent to an activating group) is 1. The zero-order valence-corrected chi connectivity index (χ0v) is 11.2. The molecule has 0 fully saturated rings. The summed E-state index contributed by atoms with van der Waals surface area (Å²) in [7, 11) is 3.78. The average Bonchev–Trinajstić information content (AvgIpc) is 2.38. The maximum Gasteiger partial charge on any atom is 0.376 e. The molecule has 0 unspecified atom stereocenters. The van der Waals surface area contributed by atoms with Gasteiger partial charge in [-0.1, -0.05) is 6.07 Å². The van der Waals surface area contributed by atoms with E-state index in [4.69, 9.17) is 0 Å². The molecule has 8 nitrogen and oxygen atoms in total. The number of nitrogens with one attached hydrogen (secondary N) is 1. The first-order valence-corrected chi connectivity index (χ1v) is 6.05. The van der Waals surface area contributed by atoms with Crippen LogP contribution in [0.2, 0.25) is 0 Å². The third-order valence-electron chi connectivity index (χ3n) is 2.74. The fourth-order valence-electron chi connectivity index (χ4n) is 1.77. The molecule has 2 aromatic heterocycles. The number of fused-ring (bicyclic) bond motifs is 1. The van der Waals surface area contributed by atoms with Crippen LogP contribution in [0.1, 0.15) is 0 Å². The van der Waals surface area contributed by atoms with Crippen LogP contribution in [0.4, 0.5) is 11.5 Å². The molecule has 0 saturated heterocycles. The van der Waals surface area contributed by atoms with Crippen molar-refractivity contribution in [2.45, 2.75) is 0 Å². The molecule has 20 heavy (non-hydrogen) atoms. The van der Waals surface area contributed by atoms with Gasteiger partial charge in [-0.15, -0.1) is 0 Å². The molecule has 2 aromatic rings. The lowest BCUT2D eigenvalue weighted by Gasteiger charge is -2.11. The Morgan fingerprint density at radius 2 is 2.20 bits per heavy atom. The van der Waals surface area contributed by atoms with Gasteiger partial charge in [-0.2, -0.15) is 0 Å². The molecule has 0 amide bonds. The van der Waals surface area contributed by atoms with E-state index >= 15 is 0 Å². The normalized spacial score (nSPS) is 10.9. The summed E-state index contributed by atoms with van der Waals surface area (Å²) in [5.41, 5.74) is -0.851. The molecule has 0 aromatic carbocycles. The molecule has 0 radical (unpaired) electrons.